The summed E-state index contributed by atoms with van der Waals surface area (Å²) in [5.74, 6) is 2.73. The van der Waals surface area contributed by atoms with Crippen molar-refractivity contribution in [1.29, 1.82) is 0 Å². The molecule has 2 aromatic heterocycles. The summed E-state index contributed by atoms with van der Waals surface area (Å²) in [6.07, 6.45) is 7.25. The molecule has 0 radical (unpaired) electrons. The molecule has 0 unspecified atom stereocenters. The number of rotatable bonds is 6. The van der Waals surface area contributed by atoms with Crippen LogP contribution >= 0.6 is 0 Å². The van der Waals surface area contributed by atoms with Crippen LogP contribution in [0.15, 0.2) is 49.2 Å². The molecular formula is C22H26N6O2. The molecule has 1 aliphatic heterocycles. The summed E-state index contributed by atoms with van der Waals surface area (Å²) in [6, 6.07) is 9.18. The largest absolute Gasteiger partial charge is 0.494 e. The van der Waals surface area contributed by atoms with Crippen molar-refractivity contribution in [3.8, 4) is 11.6 Å². The minimum atomic E-state index is -0.281. The van der Waals surface area contributed by atoms with Gasteiger partial charge in [-0.3, -0.25) is 9.36 Å². The zero-order valence-corrected chi connectivity index (χ0v) is 17.3. The molecule has 0 spiro atoms. The minimum absolute atomic E-state index is 0.281. The second kappa shape index (κ2) is 8.94. The molecule has 1 fully saturated rings. The Morgan fingerprint density at radius 2 is 2.00 bits per heavy atom. The zero-order valence-electron chi connectivity index (χ0n) is 17.3. The first-order valence-electron chi connectivity index (χ1n) is 10.3. The Labute approximate surface area is 175 Å². The van der Waals surface area contributed by atoms with Gasteiger partial charge in [0.25, 0.3) is 5.91 Å². The third kappa shape index (κ3) is 4.59. The molecule has 0 bridgehead atoms. The molecule has 1 atom stereocenters. The van der Waals surface area contributed by atoms with Crippen LogP contribution in [-0.2, 0) is 0 Å². The quantitative estimate of drug-likeness (QED) is 0.674. The maximum Gasteiger partial charge on any atom is 0.275 e. The number of amides is 1. The topological polar surface area (TPSA) is 85.2 Å². The average Bonchev–Trinajstić information content (AvgIpc) is 3.26. The smallest absolute Gasteiger partial charge is 0.275 e. The molecule has 0 aliphatic carbocycles. The number of nitrogens with one attached hydrogen (secondary N) is 1. The first kappa shape index (κ1) is 19.9. The Morgan fingerprint density at radius 1 is 1.20 bits per heavy atom. The highest BCUT2D eigenvalue weighted by atomic mass is 16.5. The van der Waals surface area contributed by atoms with E-state index in [1.54, 1.807) is 35.6 Å². The van der Waals surface area contributed by atoms with Crippen molar-refractivity contribution in [3.05, 3.63) is 54.9 Å². The van der Waals surface area contributed by atoms with Gasteiger partial charge in [0.2, 0.25) is 0 Å². The molecule has 8 heteroatoms. The standard InChI is InChI=1S/C22H26N6O2/c1-3-30-18-8-6-17(7-9-18)26-22(29)19-13-28(15-25-19)21-11-20(23-14-24-21)27-10-4-5-16(2)12-27/h6-9,11,13-16H,3-5,10,12H2,1-2H3,(H,26,29)/t16-/m0/s1. The van der Waals surface area contributed by atoms with E-state index in [4.69, 9.17) is 4.74 Å². The van der Waals surface area contributed by atoms with Crippen LogP contribution < -0.4 is 15.0 Å². The van der Waals surface area contributed by atoms with Gasteiger partial charge in [0.1, 0.15) is 35.7 Å². The van der Waals surface area contributed by atoms with Gasteiger partial charge in [-0.05, 0) is 49.9 Å². The van der Waals surface area contributed by atoms with E-state index < -0.39 is 0 Å². The maximum atomic E-state index is 12.6. The third-order valence-corrected chi connectivity index (χ3v) is 5.12. The number of carbonyl (C=O) groups excluding carboxylic acids is 1. The lowest BCUT2D eigenvalue weighted by Crippen LogP contribution is -2.34. The number of nitrogens with zero attached hydrogens (tertiary/aromatic N) is 5. The van der Waals surface area contributed by atoms with Crippen LogP contribution in [0.5, 0.6) is 5.75 Å². The molecule has 3 heterocycles. The Bertz CT molecular complexity index is 1000. The van der Waals surface area contributed by atoms with Crippen molar-refractivity contribution in [2.24, 2.45) is 5.92 Å². The summed E-state index contributed by atoms with van der Waals surface area (Å²) >= 11 is 0. The molecule has 30 heavy (non-hydrogen) atoms. The van der Waals surface area contributed by atoms with Crippen molar-refractivity contribution in [1.82, 2.24) is 19.5 Å². The van der Waals surface area contributed by atoms with Crippen LogP contribution in [-0.4, -0.2) is 45.1 Å². The van der Waals surface area contributed by atoms with E-state index in [1.165, 1.54) is 12.8 Å². The third-order valence-electron chi connectivity index (χ3n) is 5.12. The van der Waals surface area contributed by atoms with Crippen LogP contribution in [0.2, 0.25) is 0 Å². The summed E-state index contributed by atoms with van der Waals surface area (Å²) in [7, 11) is 0. The number of hydrogen-bond acceptors (Lipinski definition) is 6. The van der Waals surface area contributed by atoms with Gasteiger partial charge in [-0.25, -0.2) is 15.0 Å². The number of ether oxygens (including phenoxy) is 1. The number of anilines is 2. The molecule has 4 rings (SSSR count). The number of piperidine rings is 1. The Balaban J connectivity index is 1.45. The lowest BCUT2D eigenvalue weighted by atomic mass is 10.0. The van der Waals surface area contributed by atoms with Crippen molar-refractivity contribution in [3.63, 3.8) is 0 Å². The number of aromatic nitrogens is 4. The molecule has 1 N–H and O–H groups in total. The summed E-state index contributed by atoms with van der Waals surface area (Å²) in [6.45, 7) is 6.79. The molecule has 156 valence electrons. The van der Waals surface area contributed by atoms with E-state index in [0.717, 1.165) is 24.7 Å². The molecule has 3 aromatic rings. The van der Waals surface area contributed by atoms with Gasteiger partial charge in [-0.2, -0.15) is 0 Å². The highest BCUT2D eigenvalue weighted by Crippen LogP contribution is 2.22. The number of hydrogen-bond donors (Lipinski definition) is 1. The Kier molecular flexibility index (Phi) is 5.92. The predicted molar refractivity (Wildman–Crippen MR) is 115 cm³/mol. The first-order valence-corrected chi connectivity index (χ1v) is 10.3. The summed E-state index contributed by atoms with van der Waals surface area (Å²) < 4.78 is 7.16. The second-order valence-electron chi connectivity index (χ2n) is 7.51. The highest BCUT2D eigenvalue weighted by Gasteiger charge is 2.18. The lowest BCUT2D eigenvalue weighted by molar-refractivity contribution is 0.102. The summed E-state index contributed by atoms with van der Waals surface area (Å²) in [4.78, 5) is 27.9. The molecule has 1 aromatic carbocycles. The fourth-order valence-electron chi connectivity index (χ4n) is 3.61. The van der Waals surface area contributed by atoms with E-state index >= 15 is 0 Å². The van der Waals surface area contributed by atoms with Crippen LogP contribution in [0, 0.1) is 5.92 Å². The molecule has 1 aliphatic rings. The van der Waals surface area contributed by atoms with Gasteiger partial charge >= 0.3 is 0 Å². The fraction of sp³-hybridized carbons (Fsp3) is 0.364. The number of carbonyl (C=O) groups is 1. The van der Waals surface area contributed by atoms with Crippen LogP contribution in [0.4, 0.5) is 11.5 Å². The average molecular weight is 406 g/mol. The van der Waals surface area contributed by atoms with Gasteiger partial charge < -0.3 is 15.0 Å². The van der Waals surface area contributed by atoms with Crippen molar-refractivity contribution in [2.45, 2.75) is 26.7 Å². The van der Waals surface area contributed by atoms with Crippen LogP contribution in [0.3, 0.4) is 0 Å². The highest BCUT2D eigenvalue weighted by molar-refractivity contribution is 6.02. The van der Waals surface area contributed by atoms with Gasteiger partial charge in [0, 0.05) is 31.0 Å². The molecule has 0 saturated carbocycles. The molecule has 1 saturated heterocycles. The molecule has 1 amide bonds. The van der Waals surface area contributed by atoms with E-state index in [0.29, 0.717) is 29.7 Å². The first-order chi connectivity index (χ1) is 14.6. The van der Waals surface area contributed by atoms with Gasteiger partial charge in [0.15, 0.2) is 0 Å². The van der Waals surface area contributed by atoms with E-state index in [1.807, 2.05) is 25.1 Å². The zero-order chi connectivity index (χ0) is 20.9. The predicted octanol–water partition coefficient (Wildman–Crippen LogP) is 3.55. The van der Waals surface area contributed by atoms with Gasteiger partial charge in [0.05, 0.1) is 6.61 Å². The van der Waals surface area contributed by atoms with E-state index in [9.17, 15) is 4.79 Å². The van der Waals surface area contributed by atoms with Crippen LogP contribution in [0.1, 0.15) is 37.2 Å². The molecule has 8 nitrogen and oxygen atoms in total. The normalized spacial score (nSPS) is 16.3. The van der Waals surface area contributed by atoms with Crippen molar-refractivity contribution in [2.75, 3.05) is 29.9 Å². The maximum absolute atomic E-state index is 12.6. The fourth-order valence-corrected chi connectivity index (χ4v) is 3.61. The minimum Gasteiger partial charge on any atom is -0.494 e. The monoisotopic (exact) mass is 406 g/mol. The lowest BCUT2D eigenvalue weighted by Gasteiger charge is -2.31. The van der Waals surface area contributed by atoms with E-state index in [2.05, 4.69) is 32.1 Å². The second-order valence-corrected chi connectivity index (χ2v) is 7.51. The number of benzene rings is 1. The van der Waals surface area contributed by atoms with Crippen LogP contribution in [0.25, 0.3) is 5.82 Å². The Morgan fingerprint density at radius 3 is 2.77 bits per heavy atom. The summed E-state index contributed by atoms with van der Waals surface area (Å²) in [5.41, 5.74) is 0.997. The van der Waals surface area contributed by atoms with E-state index in [-0.39, 0.29) is 5.91 Å². The molecular weight excluding hydrogens is 380 g/mol. The van der Waals surface area contributed by atoms with Gasteiger partial charge in [-0.15, -0.1) is 0 Å². The van der Waals surface area contributed by atoms with Crippen molar-refractivity contribution >= 4 is 17.4 Å². The Hall–Kier alpha value is -3.42. The van der Waals surface area contributed by atoms with Crippen molar-refractivity contribution < 1.29 is 9.53 Å². The summed E-state index contributed by atoms with van der Waals surface area (Å²) in [5, 5.41) is 2.85. The number of imidazole rings is 1. The van der Waals surface area contributed by atoms with Gasteiger partial charge in [-0.1, -0.05) is 6.92 Å². The SMILES string of the molecule is CCOc1ccc(NC(=O)c2cn(-c3cc(N4CCC[C@H](C)C4)ncn3)cn2)cc1.